The Morgan fingerprint density at radius 2 is 1.95 bits per heavy atom. The Labute approximate surface area is 116 Å². The van der Waals surface area contributed by atoms with Crippen LogP contribution in [-0.4, -0.2) is 28.8 Å². The van der Waals surface area contributed by atoms with Gasteiger partial charge in [0.15, 0.2) is 0 Å². The van der Waals surface area contributed by atoms with Gasteiger partial charge >= 0.3 is 11.9 Å². The quantitative estimate of drug-likeness (QED) is 0.656. The molecule has 1 aromatic rings. The number of esters is 1. The lowest BCUT2D eigenvalue weighted by Gasteiger charge is -2.17. The summed E-state index contributed by atoms with van der Waals surface area (Å²) >= 11 is 0. The van der Waals surface area contributed by atoms with Crippen molar-refractivity contribution in [2.75, 3.05) is 6.61 Å². The zero-order valence-electron chi connectivity index (χ0n) is 11.1. The normalized spacial score (nSPS) is 11.4. The first kappa shape index (κ1) is 15.6. The smallest absolute Gasteiger partial charge is 0.330 e. The minimum atomic E-state index is -1.11. The van der Waals surface area contributed by atoms with E-state index in [2.05, 4.69) is 11.9 Å². The van der Waals surface area contributed by atoms with Crippen LogP contribution in [0.5, 0.6) is 5.75 Å². The molecule has 6 heteroatoms. The van der Waals surface area contributed by atoms with Gasteiger partial charge in [0, 0.05) is 5.70 Å². The first-order chi connectivity index (χ1) is 9.43. The lowest BCUT2D eigenvalue weighted by atomic mass is 10.1. The highest BCUT2D eigenvalue weighted by molar-refractivity contribution is 5.77. The topological polar surface area (TPSA) is 95.9 Å². The lowest BCUT2D eigenvalue weighted by Crippen LogP contribution is -2.28. The van der Waals surface area contributed by atoms with Crippen LogP contribution >= 0.6 is 0 Å². The lowest BCUT2D eigenvalue weighted by molar-refractivity contribution is -0.143. The number of phenols is 1. The summed E-state index contributed by atoms with van der Waals surface area (Å²) in [5, 5.41) is 21.1. The molecule has 108 valence electrons. The molecule has 0 aromatic heterocycles. The molecule has 1 atom stereocenters. The van der Waals surface area contributed by atoms with Crippen LogP contribution in [0.25, 0.3) is 0 Å². The number of hydrogen-bond donors (Lipinski definition) is 3. The van der Waals surface area contributed by atoms with Crippen molar-refractivity contribution in [3.8, 4) is 5.75 Å². The Bertz CT molecular complexity index is 495. The third-order valence-electron chi connectivity index (χ3n) is 2.48. The molecule has 0 spiro atoms. The number of carboxylic acid groups (broad SMARTS) is 1. The first-order valence-corrected chi connectivity index (χ1v) is 6.05. The second-order valence-electron chi connectivity index (χ2n) is 4.09. The average molecular weight is 279 g/mol. The molecule has 0 bridgehead atoms. The van der Waals surface area contributed by atoms with Gasteiger partial charge in [-0.2, -0.15) is 0 Å². The molecular weight excluding hydrogens is 262 g/mol. The van der Waals surface area contributed by atoms with Crippen molar-refractivity contribution >= 4 is 11.9 Å². The summed E-state index contributed by atoms with van der Waals surface area (Å²) in [4.78, 5) is 22.5. The number of benzene rings is 1. The number of phenolic OH excluding ortho intramolecular Hbond substituents is 1. The highest BCUT2D eigenvalue weighted by atomic mass is 16.5. The van der Waals surface area contributed by atoms with Gasteiger partial charge in [-0.05, 0) is 24.6 Å². The fourth-order valence-electron chi connectivity index (χ4n) is 1.60. The van der Waals surface area contributed by atoms with Gasteiger partial charge in [-0.3, -0.25) is 4.79 Å². The zero-order chi connectivity index (χ0) is 15.1. The second kappa shape index (κ2) is 7.18. The third-order valence-corrected chi connectivity index (χ3v) is 2.48. The molecule has 0 aliphatic rings. The van der Waals surface area contributed by atoms with E-state index in [0.29, 0.717) is 5.56 Å². The minimum Gasteiger partial charge on any atom is -0.508 e. The van der Waals surface area contributed by atoms with Crippen molar-refractivity contribution < 1.29 is 24.5 Å². The summed E-state index contributed by atoms with van der Waals surface area (Å²) < 4.78 is 4.76. The number of nitrogens with one attached hydrogen (secondary N) is 1. The number of carboxylic acids is 1. The van der Waals surface area contributed by atoms with Crippen LogP contribution in [0.3, 0.4) is 0 Å². The maximum atomic E-state index is 11.3. The van der Waals surface area contributed by atoms with E-state index in [1.54, 1.807) is 6.92 Å². The molecule has 1 rings (SSSR count). The molecule has 0 aliphatic heterocycles. The van der Waals surface area contributed by atoms with E-state index in [0.717, 1.165) is 0 Å². The summed E-state index contributed by atoms with van der Waals surface area (Å²) in [6, 6.07) is 4.71. The van der Waals surface area contributed by atoms with Gasteiger partial charge in [-0.15, -0.1) is 0 Å². The number of ether oxygens (including phenoxy) is 1. The Balaban J connectivity index is 2.73. The molecule has 20 heavy (non-hydrogen) atoms. The van der Waals surface area contributed by atoms with Gasteiger partial charge in [-0.1, -0.05) is 18.7 Å². The monoisotopic (exact) mass is 279 g/mol. The molecule has 3 N–H and O–H groups in total. The Hall–Kier alpha value is -2.50. The van der Waals surface area contributed by atoms with Crippen LogP contribution < -0.4 is 5.32 Å². The Kier molecular flexibility index (Phi) is 5.58. The molecule has 0 radical (unpaired) electrons. The number of aromatic hydroxyl groups is 1. The number of carbonyl (C=O) groups is 2. The molecule has 0 saturated carbocycles. The van der Waals surface area contributed by atoms with Gasteiger partial charge in [0.1, 0.15) is 11.8 Å². The van der Waals surface area contributed by atoms with Crippen LogP contribution in [0.15, 0.2) is 36.5 Å². The predicted molar refractivity (Wildman–Crippen MR) is 72.0 cm³/mol. The van der Waals surface area contributed by atoms with Crippen LogP contribution in [0.1, 0.15) is 24.9 Å². The Morgan fingerprint density at radius 3 is 2.45 bits per heavy atom. The molecule has 0 amide bonds. The van der Waals surface area contributed by atoms with E-state index < -0.39 is 18.0 Å². The van der Waals surface area contributed by atoms with Crippen LogP contribution in [0.4, 0.5) is 0 Å². The van der Waals surface area contributed by atoms with Crippen molar-refractivity contribution in [3.05, 3.63) is 42.1 Å². The second-order valence-corrected chi connectivity index (χ2v) is 4.09. The summed E-state index contributed by atoms with van der Waals surface area (Å²) in [5.41, 5.74) is 0.698. The van der Waals surface area contributed by atoms with Crippen LogP contribution in [0.2, 0.25) is 0 Å². The summed E-state index contributed by atoms with van der Waals surface area (Å²) in [6.45, 7) is 5.56. The molecular formula is C14H17NO5. The van der Waals surface area contributed by atoms with Gasteiger partial charge in [0.05, 0.1) is 13.0 Å². The van der Waals surface area contributed by atoms with Crippen LogP contribution in [0, 0.1) is 0 Å². The molecule has 1 unspecified atom stereocenters. The van der Waals surface area contributed by atoms with Crippen molar-refractivity contribution in [3.63, 3.8) is 0 Å². The number of hydrogen-bond acceptors (Lipinski definition) is 5. The molecule has 0 aliphatic carbocycles. The van der Waals surface area contributed by atoms with E-state index in [1.165, 1.54) is 24.3 Å². The molecule has 6 nitrogen and oxygen atoms in total. The van der Waals surface area contributed by atoms with Gasteiger partial charge < -0.3 is 20.3 Å². The predicted octanol–water partition coefficient (Wildman–Crippen LogP) is 1.57. The van der Waals surface area contributed by atoms with Crippen molar-refractivity contribution in [2.24, 2.45) is 0 Å². The zero-order valence-corrected chi connectivity index (χ0v) is 11.1. The van der Waals surface area contributed by atoms with E-state index >= 15 is 0 Å². The molecule has 0 saturated heterocycles. The van der Waals surface area contributed by atoms with Crippen LogP contribution in [-0.2, 0) is 14.3 Å². The highest BCUT2D eigenvalue weighted by Crippen LogP contribution is 2.18. The van der Waals surface area contributed by atoms with Crippen molar-refractivity contribution in [2.45, 2.75) is 19.4 Å². The summed E-state index contributed by atoms with van der Waals surface area (Å²) in [7, 11) is 0. The molecule has 1 aromatic carbocycles. The maximum absolute atomic E-state index is 11.3. The Morgan fingerprint density at radius 1 is 1.35 bits per heavy atom. The van der Waals surface area contributed by atoms with Gasteiger partial charge in [-0.25, -0.2) is 4.79 Å². The van der Waals surface area contributed by atoms with E-state index in [9.17, 15) is 19.8 Å². The van der Waals surface area contributed by atoms with Crippen molar-refractivity contribution in [1.82, 2.24) is 5.32 Å². The summed E-state index contributed by atoms with van der Waals surface area (Å²) in [5.74, 6) is -1.54. The molecule has 0 fully saturated rings. The highest BCUT2D eigenvalue weighted by Gasteiger charge is 2.20. The first-order valence-electron chi connectivity index (χ1n) is 6.05. The number of aliphatic carboxylic acids is 1. The third kappa shape index (κ3) is 4.64. The van der Waals surface area contributed by atoms with Gasteiger partial charge in [0.25, 0.3) is 0 Å². The average Bonchev–Trinajstić information content (AvgIpc) is 2.37. The SMILES string of the molecule is C=C(CC(=O)OCC)NC(C(=O)O)c1ccc(O)cc1. The van der Waals surface area contributed by atoms with E-state index in [-0.39, 0.29) is 24.5 Å². The fraction of sp³-hybridized carbons (Fsp3) is 0.286. The summed E-state index contributed by atoms with van der Waals surface area (Å²) in [6.07, 6.45) is -0.101. The van der Waals surface area contributed by atoms with Crippen molar-refractivity contribution in [1.29, 1.82) is 0 Å². The largest absolute Gasteiger partial charge is 0.508 e. The standard InChI is InChI=1S/C14H17NO5/c1-3-20-12(17)8-9(2)15-13(14(18)19)10-4-6-11(16)7-5-10/h4-7,13,15-16H,2-3,8H2,1H3,(H,18,19). The van der Waals surface area contributed by atoms with Gasteiger partial charge in [0.2, 0.25) is 0 Å². The molecule has 0 heterocycles. The van der Waals surface area contributed by atoms with E-state index in [4.69, 9.17) is 4.74 Å². The number of carbonyl (C=O) groups excluding carboxylic acids is 1. The maximum Gasteiger partial charge on any atom is 0.330 e. The van der Waals surface area contributed by atoms with E-state index in [1.807, 2.05) is 0 Å². The minimum absolute atomic E-state index is 0.0447. The number of rotatable bonds is 7. The fourth-order valence-corrected chi connectivity index (χ4v) is 1.60.